The molecule has 0 spiro atoms. The number of fused-ring (bicyclic) bond motifs is 2. The fourth-order valence-corrected chi connectivity index (χ4v) is 7.59. The quantitative estimate of drug-likeness (QED) is 0.0912. The van der Waals surface area contributed by atoms with Gasteiger partial charge in [-0.25, -0.2) is 8.78 Å². The summed E-state index contributed by atoms with van der Waals surface area (Å²) in [5.41, 5.74) is 5.82. The van der Waals surface area contributed by atoms with Gasteiger partial charge in [0.1, 0.15) is 59.9 Å². The highest BCUT2D eigenvalue weighted by atomic mass is 35.5. The van der Waals surface area contributed by atoms with Crippen molar-refractivity contribution in [3.05, 3.63) is 161 Å². The number of ether oxygens (including phenoxy) is 3. The zero-order valence-electron chi connectivity index (χ0n) is 33.1. The predicted molar refractivity (Wildman–Crippen MR) is 228 cm³/mol. The first-order valence-electron chi connectivity index (χ1n) is 20.2. The van der Waals surface area contributed by atoms with Crippen molar-refractivity contribution in [1.29, 1.82) is 0 Å². The van der Waals surface area contributed by atoms with Gasteiger partial charge in [-0.15, -0.1) is 0 Å². The third-order valence-corrected chi connectivity index (χ3v) is 11.0. The number of halogens is 3. The second-order valence-corrected chi connectivity index (χ2v) is 14.9. The first-order chi connectivity index (χ1) is 28.2. The standard InChI is InChI=1S/C26H28ClNO.C22H25F2NO4/c1-3-28(4-2)19-20-29-24-17-15-22(16-18-24)25(21-11-7-5-8-12-21)26(27)23-13-9-6-10-14-23;23-15-3-7-19-13(9-15)1-5-21(28-19)17(26)11-25-12-18(27)22-6-2-14-10-16(24)4-8-20(14)29-22/h5-18H,3-4,19-20H2,1-2H3;3-4,7-10,17-18,21-22,25-27H,1-2,5-6,11-12H2/b26-25+;. The van der Waals surface area contributed by atoms with Crippen LogP contribution in [-0.4, -0.2) is 78.9 Å². The first kappa shape index (κ1) is 42.8. The molecule has 0 bridgehead atoms. The summed E-state index contributed by atoms with van der Waals surface area (Å²) < 4.78 is 44.1. The topological polar surface area (TPSA) is 83.4 Å². The summed E-state index contributed by atoms with van der Waals surface area (Å²) in [5, 5.41) is 24.7. The van der Waals surface area contributed by atoms with Gasteiger partial charge in [0.15, 0.2) is 0 Å². The zero-order chi connectivity index (χ0) is 40.9. The number of nitrogens with one attached hydrogen (secondary N) is 1. The van der Waals surface area contributed by atoms with Gasteiger partial charge < -0.3 is 34.6 Å². The molecule has 0 aliphatic carbocycles. The highest BCUT2D eigenvalue weighted by Crippen LogP contribution is 2.36. The average Bonchev–Trinajstić information content (AvgIpc) is 3.26. The second-order valence-electron chi connectivity index (χ2n) is 14.5. The molecule has 4 unspecified atom stereocenters. The molecule has 2 aliphatic rings. The van der Waals surface area contributed by atoms with Crippen LogP contribution in [0.2, 0.25) is 0 Å². The van der Waals surface area contributed by atoms with Gasteiger partial charge in [-0.05, 0) is 115 Å². The second kappa shape index (κ2) is 21.3. The maximum Gasteiger partial charge on any atom is 0.126 e. The van der Waals surface area contributed by atoms with Crippen molar-refractivity contribution < 1.29 is 33.2 Å². The Morgan fingerprint density at radius 1 is 0.707 bits per heavy atom. The minimum Gasteiger partial charge on any atom is -0.492 e. The van der Waals surface area contributed by atoms with E-state index in [1.165, 1.54) is 24.3 Å². The molecule has 0 amide bonds. The van der Waals surface area contributed by atoms with Crippen molar-refractivity contribution in [3.8, 4) is 17.2 Å². The number of aliphatic hydroxyl groups is 2. The lowest BCUT2D eigenvalue weighted by Gasteiger charge is -2.31. The number of hydrogen-bond acceptors (Lipinski definition) is 7. The summed E-state index contributed by atoms with van der Waals surface area (Å²) in [6, 6.07) is 37.4. The van der Waals surface area contributed by atoms with Gasteiger partial charge in [0.2, 0.25) is 0 Å². The fraction of sp³-hybridized carbons (Fsp3) is 0.333. The van der Waals surface area contributed by atoms with Crippen molar-refractivity contribution in [2.75, 3.05) is 39.3 Å². The predicted octanol–water partition coefficient (Wildman–Crippen LogP) is 8.93. The Balaban J connectivity index is 0.000000196. The highest BCUT2D eigenvalue weighted by Gasteiger charge is 2.29. The smallest absolute Gasteiger partial charge is 0.126 e. The van der Waals surface area contributed by atoms with E-state index in [0.717, 1.165) is 63.8 Å². The number of nitrogens with zero attached hydrogens (tertiary/aromatic N) is 1. The summed E-state index contributed by atoms with van der Waals surface area (Å²) in [7, 11) is 0. The molecule has 2 heterocycles. The number of aryl methyl sites for hydroxylation is 2. The molecule has 5 aromatic rings. The van der Waals surface area contributed by atoms with Gasteiger partial charge in [-0.2, -0.15) is 0 Å². The number of likely N-dealkylation sites (N-methyl/N-ethyl adjacent to an activating group) is 1. The molecule has 3 N–H and O–H groups in total. The summed E-state index contributed by atoms with van der Waals surface area (Å²) in [4.78, 5) is 2.35. The summed E-state index contributed by atoms with van der Waals surface area (Å²) in [5.74, 6) is 1.50. The van der Waals surface area contributed by atoms with E-state index in [1.54, 1.807) is 12.1 Å². The Morgan fingerprint density at radius 3 is 1.69 bits per heavy atom. The van der Waals surface area contributed by atoms with Crippen molar-refractivity contribution in [2.24, 2.45) is 0 Å². The Labute approximate surface area is 345 Å². The molecule has 7 nitrogen and oxygen atoms in total. The summed E-state index contributed by atoms with van der Waals surface area (Å²) in [6.45, 7) is 8.57. The van der Waals surface area contributed by atoms with E-state index in [0.29, 0.717) is 43.8 Å². The van der Waals surface area contributed by atoms with Crippen LogP contribution in [0.4, 0.5) is 8.78 Å². The van der Waals surface area contributed by atoms with Gasteiger partial charge in [-0.3, -0.25) is 0 Å². The van der Waals surface area contributed by atoms with E-state index in [1.807, 2.05) is 60.7 Å². The SMILES string of the molecule is CCN(CC)CCOc1ccc(/C(=C(/Cl)c2ccccc2)c2ccccc2)cc1.OC(CNCC(O)C1CCc2cc(F)ccc2O1)C1CCc2cc(F)ccc2O1. The molecule has 4 atom stereocenters. The first-order valence-corrected chi connectivity index (χ1v) is 20.5. The number of aliphatic hydroxyl groups excluding tert-OH is 2. The van der Waals surface area contributed by atoms with Crippen molar-refractivity contribution in [1.82, 2.24) is 10.2 Å². The lowest BCUT2D eigenvalue weighted by Crippen LogP contribution is -2.46. The molecule has 7 rings (SSSR count). The van der Waals surface area contributed by atoms with E-state index in [9.17, 15) is 19.0 Å². The Bertz CT molecular complexity index is 2000. The lowest BCUT2D eigenvalue weighted by atomic mass is 9.95. The molecule has 0 aromatic heterocycles. The fourth-order valence-electron chi connectivity index (χ4n) is 7.24. The Morgan fingerprint density at radius 2 is 1.19 bits per heavy atom. The van der Waals surface area contributed by atoms with Crippen molar-refractivity contribution in [2.45, 2.75) is 63.9 Å². The highest BCUT2D eigenvalue weighted by molar-refractivity contribution is 6.53. The molecule has 0 radical (unpaired) electrons. The molecular formula is C48H53ClF2N2O5. The zero-order valence-corrected chi connectivity index (χ0v) is 33.9. The van der Waals surface area contributed by atoms with E-state index < -0.39 is 12.2 Å². The molecule has 0 saturated heterocycles. The summed E-state index contributed by atoms with van der Waals surface area (Å²) in [6.07, 6.45) is 0.214. The van der Waals surface area contributed by atoms with Crippen LogP contribution in [-0.2, 0) is 12.8 Å². The molecule has 2 aliphatic heterocycles. The van der Waals surface area contributed by atoms with Crippen molar-refractivity contribution >= 4 is 22.2 Å². The average molecular weight is 811 g/mol. The van der Waals surface area contributed by atoms with Crippen LogP contribution < -0.4 is 19.5 Å². The maximum absolute atomic E-state index is 13.3. The van der Waals surface area contributed by atoms with E-state index in [4.69, 9.17) is 25.8 Å². The third kappa shape index (κ3) is 11.7. The van der Waals surface area contributed by atoms with Crippen LogP contribution >= 0.6 is 11.6 Å². The van der Waals surface area contributed by atoms with Crippen LogP contribution in [0, 0.1) is 11.6 Å². The van der Waals surface area contributed by atoms with E-state index in [-0.39, 0.29) is 36.9 Å². The number of rotatable bonds is 15. The number of benzene rings is 5. The van der Waals surface area contributed by atoms with Gasteiger partial charge in [-0.1, -0.05) is 98.2 Å². The van der Waals surface area contributed by atoms with Crippen LogP contribution in [0.15, 0.2) is 121 Å². The molecule has 5 aromatic carbocycles. The van der Waals surface area contributed by atoms with Gasteiger partial charge in [0.25, 0.3) is 0 Å². The molecule has 0 saturated carbocycles. The van der Waals surface area contributed by atoms with Crippen LogP contribution in [0.5, 0.6) is 17.2 Å². The lowest BCUT2D eigenvalue weighted by molar-refractivity contribution is 0.00892. The molecule has 58 heavy (non-hydrogen) atoms. The summed E-state index contributed by atoms with van der Waals surface area (Å²) >= 11 is 6.87. The number of hydrogen-bond donors (Lipinski definition) is 3. The van der Waals surface area contributed by atoms with Crippen LogP contribution in [0.25, 0.3) is 10.6 Å². The van der Waals surface area contributed by atoms with E-state index >= 15 is 0 Å². The maximum atomic E-state index is 13.3. The molecular weight excluding hydrogens is 758 g/mol. The van der Waals surface area contributed by atoms with E-state index in [2.05, 4.69) is 48.3 Å². The van der Waals surface area contributed by atoms with Crippen LogP contribution in [0.1, 0.15) is 54.5 Å². The third-order valence-electron chi connectivity index (χ3n) is 10.6. The largest absolute Gasteiger partial charge is 0.492 e. The Hall–Kier alpha value is -4.77. The molecule has 0 fully saturated rings. The molecule has 10 heteroatoms. The molecule has 306 valence electrons. The minimum atomic E-state index is -0.753. The van der Waals surface area contributed by atoms with Gasteiger partial charge >= 0.3 is 0 Å². The monoisotopic (exact) mass is 810 g/mol. The van der Waals surface area contributed by atoms with Crippen LogP contribution in [0.3, 0.4) is 0 Å². The normalized spacial score (nSPS) is 17.3. The minimum absolute atomic E-state index is 0.257. The van der Waals surface area contributed by atoms with Gasteiger partial charge in [0, 0.05) is 25.2 Å². The van der Waals surface area contributed by atoms with Gasteiger partial charge in [0.05, 0.1) is 5.03 Å². The Kier molecular flexibility index (Phi) is 15.7. The van der Waals surface area contributed by atoms with Crippen molar-refractivity contribution in [3.63, 3.8) is 0 Å².